The molecule has 1 aliphatic carbocycles. The molecule has 0 fully saturated rings. The van der Waals surface area contributed by atoms with Gasteiger partial charge < -0.3 is 9.64 Å². The van der Waals surface area contributed by atoms with Crippen LogP contribution in [0.15, 0.2) is 206 Å². The first-order chi connectivity index (χ1) is 27.7. The molecule has 0 unspecified atom stereocenters. The van der Waals surface area contributed by atoms with Crippen LogP contribution in [0.4, 0.5) is 17.1 Å². The van der Waals surface area contributed by atoms with E-state index in [1.54, 1.807) is 0 Å². The fraction of sp³-hybridized carbons (Fsp3) is 0.0370. The Balaban J connectivity index is 1.08. The maximum absolute atomic E-state index is 6.50. The van der Waals surface area contributed by atoms with Crippen molar-refractivity contribution in [3.8, 4) is 56.0 Å². The second kappa shape index (κ2) is 12.7. The summed E-state index contributed by atoms with van der Waals surface area (Å²) in [5.74, 6) is 1.79. The molecule has 0 saturated carbocycles. The molecule has 0 amide bonds. The lowest BCUT2D eigenvalue weighted by Gasteiger charge is -2.31. The molecule has 2 aliphatic rings. The van der Waals surface area contributed by atoms with Gasteiger partial charge in [0.15, 0.2) is 0 Å². The number of anilines is 3. The van der Waals surface area contributed by atoms with Gasteiger partial charge in [-0.25, -0.2) is 0 Å². The normalized spacial score (nSPS) is 13.0. The Hall–Kier alpha value is -7.16. The molecule has 0 spiro atoms. The number of nitrogens with zero attached hydrogens (tertiary/aromatic N) is 1. The molecule has 0 atom stereocenters. The van der Waals surface area contributed by atoms with Gasteiger partial charge in [-0.15, -0.1) is 0 Å². The Morgan fingerprint density at radius 1 is 0.375 bits per heavy atom. The van der Waals surface area contributed by atoms with Crippen molar-refractivity contribution in [2.75, 3.05) is 4.90 Å². The zero-order valence-corrected chi connectivity index (χ0v) is 31.0. The van der Waals surface area contributed by atoms with Crippen LogP contribution in [0.1, 0.15) is 23.6 Å². The van der Waals surface area contributed by atoms with Crippen LogP contribution in [0.3, 0.4) is 0 Å². The number of hydrogen-bond acceptors (Lipinski definition) is 2. The fourth-order valence-corrected chi connectivity index (χ4v) is 9.28. The van der Waals surface area contributed by atoms with Gasteiger partial charge in [-0.05, 0) is 111 Å². The van der Waals surface area contributed by atoms with Crippen molar-refractivity contribution in [1.82, 2.24) is 0 Å². The number of para-hydroxylation sites is 2. The van der Waals surface area contributed by atoms with Gasteiger partial charge in [0.1, 0.15) is 11.5 Å². The van der Waals surface area contributed by atoms with Gasteiger partial charge in [0.25, 0.3) is 0 Å². The summed E-state index contributed by atoms with van der Waals surface area (Å²) < 4.78 is 6.50. The highest BCUT2D eigenvalue weighted by Crippen LogP contribution is 2.53. The topological polar surface area (TPSA) is 12.5 Å². The molecule has 2 nitrogen and oxygen atoms in total. The van der Waals surface area contributed by atoms with E-state index < -0.39 is 0 Å². The minimum Gasteiger partial charge on any atom is -0.456 e. The van der Waals surface area contributed by atoms with Gasteiger partial charge in [0.2, 0.25) is 0 Å². The van der Waals surface area contributed by atoms with E-state index in [4.69, 9.17) is 4.74 Å². The molecule has 1 heterocycles. The lowest BCUT2D eigenvalue weighted by molar-refractivity contribution is 0.487. The summed E-state index contributed by atoms with van der Waals surface area (Å²) >= 11 is 0. The number of rotatable bonds is 6. The molecular formula is C54H37NO. The molecule has 2 heteroatoms. The Labute approximate surface area is 327 Å². The Morgan fingerprint density at radius 3 is 1.64 bits per heavy atom. The molecule has 0 aromatic heterocycles. The maximum atomic E-state index is 6.50. The van der Waals surface area contributed by atoms with E-state index in [9.17, 15) is 0 Å². The highest BCUT2D eigenvalue weighted by molar-refractivity contribution is 6.11. The highest BCUT2D eigenvalue weighted by Gasteiger charge is 2.40. The minimum absolute atomic E-state index is 0.268. The Bertz CT molecular complexity index is 2900. The van der Waals surface area contributed by atoms with Crippen molar-refractivity contribution in [1.29, 1.82) is 0 Å². The van der Waals surface area contributed by atoms with Crippen LogP contribution in [0.2, 0.25) is 0 Å². The number of fused-ring (bicyclic) bond motifs is 5. The second-order valence-corrected chi connectivity index (χ2v) is 15.0. The van der Waals surface area contributed by atoms with E-state index >= 15 is 0 Å². The SMILES string of the molecule is CC1(c2ccc(N(c3ccc(-c4ccccc4)cc3)c3ccccc3-c3ccc4c5c(cccc35)-c3ccccc3O4)cc2)c2ccccc2-c2ccccc21. The van der Waals surface area contributed by atoms with E-state index in [0.29, 0.717) is 0 Å². The summed E-state index contributed by atoms with van der Waals surface area (Å²) in [6.45, 7) is 2.38. The predicted octanol–water partition coefficient (Wildman–Crippen LogP) is 14.8. The van der Waals surface area contributed by atoms with Crippen LogP contribution >= 0.6 is 0 Å². The van der Waals surface area contributed by atoms with E-state index in [1.807, 2.05) is 6.07 Å². The quantitative estimate of drug-likeness (QED) is 0.170. The molecule has 9 aromatic rings. The summed E-state index contributed by atoms with van der Waals surface area (Å²) in [4.78, 5) is 2.41. The average molecular weight is 716 g/mol. The van der Waals surface area contributed by atoms with Gasteiger partial charge in [0.05, 0.1) is 5.69 Å². The summed E-state index contributed by atoms with van der Waals surface area (Å²) in [5, 5.41) is 2.31. The molecule has 0 bridgehead atoms. The van der Waals surface area contributed by atoms with Crippen LogP contribution in [0.5, 0.6) is 11.5 Å². The monoisotopic (exact) mass is 715 g/mol. The minimum atomic E-state index is -0.268. The molecular weight excluding hydrogens is 679 g/mol. The molecule has 264 valence electrons. The summed E-state index contributed by atoms with van der Waals surface area (Å²) in [6.07, 6.45) is 0. The van der Waals surface area contributed by atoms with Crippen molar-refractivity contribution in [2.45, 2.75) is 12.3 Å². The molecule has 1 aliphatic heterocycles. The van der Waals surface area contributed by atoms with Crippen LogP contribution in [-0.4, -0.2) is 0 Å². The van der Waals surface area contributed by atoms with E-state index in [0.717, 1.165) is 45.1 Å². The third-order valence-electron chi connectivity index (χ3n) is 12.0. The lowest BCUT2D eigenvalue weighted by atomic mass is 9.74. The molecule has 11 rings (SSSR count). The van der Waals surface area contributed by atoms with Crippen molar-refractivity contribution in [3.05, 3.63) is 223 Å². The van der Waals surface area contributed by atoms with Crippen LogP contribution < -0.4 is 9.64 Å². The molecule has 0 radical (unpaired) electrons. The predicted molar refractivity (Wildman–Crippen MR) is 232 cm³/mol. The van der Waals surface area contributed by atoms with Crippen molar-refractivity contribution >= 4 is 27.8 Å². The van der Waals surface area contributed by atoms with Gasteiger partial charge in [-0.1, -0.05) is 158 Å². The highest BCUT2D eigenvalue weighted by atomic mass is 16.5. The largest absolute Gasteiger partial charge is 0.456 e. The smallest absolute Gasteiger partial charge is 0.135 e. The van der Waals surface area contributed by atoms with Crippen molar-refractivity contribution in [2.24, 2.45) is 0 Å². The number of benzene rings is 9. The average Bonchev–Trinajstić information content (AvgIpc) is 3.53. The van der Waals surface area contributed by atoms with Crippen LogP contribution in [0.25, 0.3) is 55.3 Å². The Kier molecular flexibility index (Phi) is 7.33. The molecule has 9 aromatic carbocycles. The van der Waals surface area contributed by atoms with Crippen LogP contribution in [0, 0.1) is 0 Å². The van der Waals surface area contributed by atoms with Gasteiger partial charge in [-0.2, -0.15) is 0 Å². The van der Waals surface area contributed by atoms with Crippen LogP contribution in [-0.2, 0) is 5.41 Å². The summed E-state index contributed by atoms with van der Waals surface area (Å²) in [5.41, 5.74) is 16.7. The lowest BCUT2D eigenvalue weighted by Crippen LogP contribution is -2.22. The molecule has 0 saturated heterocycles. The van der Waals surface area contributed by atoms with Gasteiger partial charge >= 0.3 is 0 Å². The van der Waals surface area contributed by atoms with E-state index in [-0.39, 0.29) is 5.41 Å². The van der Waals surface area contributed by atoms with Gasteiger partial charge in [0, 0.05) is 33.3 Å². The zero-order chi connectivity index (χ0) is 37.2. The van der Waals surface area contributed by atoms with E-state index in [2.05, 4.69) is 212 Å². The fourth-order valence-electron chi connectivity index (χ4n) is 9.28. The third kappa shape index (κ3) is 4.89. The first kappa shape index (κ1) is 32.3. The zero-order valence-electron chi connectivity index (χ0n) is 31.0. The summed E-state index contributed by atoms with van der Waals surface area (Å²) in [7, 11) is 0. The Morgan fingerprint density at radius 2 is 0.929 bits per heavy atom. The summed E-state index contributed by atoms with van der Waals surface area (Å²) in [6, 6.07) is 74.7. The van der Waals surface area contributed by atoms with Crippen molar-refractivity contribution in [3.63, 3.8) is 0 Å². The number of hydrogen-bond donors (Lipinski definition) is 0. The standard InChI is InChI=1S/C54H37NO/c1-54(48-22-9-5-16-42(48)43-17-6-10-23-49(43)54)38-28-32-40(33-29-38)55(39-30-26-37(27-31-39)36-14-3-2-4-15-36)50-24-11-7-18-44(50)41-34-35-52-53-46(41)20-13-21-47(53)45-19-8-12-25-51(45)56-52/h2-35H,1H3. The van der Waals surface area contributed by atoms with Gasteiger partial charge in [-0.3, -0.25) is 0 Å². The molecule has 56 heavy (non-hydrogen) atoms. The second-order valence-electron chi connectivity index (χ2n) is 15.0. The maximum Gasteiger partial charge on any atom is 0.135 e. The first-order valence-electron chi connectivity index (χ1n) is 19.3. The third-order valence-corrected chi connectivity index (χ3v) is 12.0. The number of ether oxygens (including phenoxy) is 1. The van der Waals surface area contributed by atoms with Crippen molar-refractivity contribution < 1.29 is 4.74 Å². The molecule has 0 N–H and O–H groups in total. The first-order valence-corrected chi connectivity index (χ1v) is 19.3. The van der Waals surface area contributed by atoms with E-state index in [1.165, 1.54) is 55.5 Å².